The van der Waals surface area contributed by atoms with Crippen LogP contribution < -0.4 is 10.1 Å². The second kappa shape index (κ2) is 5.83. The molecule has 2 nitrogen and oxygen atoms in total. The molecule has 0 bridgehead atoms. The summed E-state index contributed by atoms with van der Waals surface area (Å²) in [6.07, 6.45) is 5.16. The van der Waals surface area contributed by atoms with Gasteiger partial charge in [-0.25, -0.2) is 0 Å². The zero-order chi connectivity index (χ0) is 13.1. The molecule has 1 aliphatic rings. The summed E-state index contributed by atoms with van der Waals surface area (Å²) in [6, 6.07) is 4.54. The molecule has 0 saturated heterocycles. The summed E-state index contributed by atoms with van der Waals surface area (Å²) in [7, 11) is 1.69. The SMILES string of the molecule is COc1cc(Cl)c(C)cc1NC1CCCC(C)C1. The van der Waals surface area contributed by atoms with Gasteiger partial charge >= 0.3 is 0 Å². The Morgan fingerprint density at radius 3 is 2.78 bits per heavy atom. The summed E-state index contributed by atoms with van der Waals surface area (Å²) in [5.74, 6) is 1.65. The summed E-state index contributed by atoms with van der Waals surface area (Å²) in [4.78, 5) is 0. The Bertz CT molecular complexity index is 419. The number of benzene rings is 1. The number of ether oxygens (including phenoxy) is 1. The molecule has 2 rings (SSSR count). The third kappa shape index (κ3) is 3.11. The van der Waals surface area contributed by atoms with E-state index in [0.29, 0.717) is 6.04 Å². The maximum Gasteiger partial charge on any atom is 0.143 e. The van der Waals surface area contributed by atoms with Gasteiger partial charge in [0, 0.05) is 17.1 Å². The van der Waals surface area contributed by atoms with Gasteiger partial charge in [-0.3, -0.25) is 0 Å². The van der Waals surface area contributed by atoms with Gasteiger partial charge in [-0.2, -0.15) is 0 Å². The molecule has 0 amide bonds. The lowest BCUT2D eigenvalue weighted by atomic mass is 9.87. The Hall–Kier alpha value is -0.890. The first-order valence-corrected chi connectivity index (χ1v) is 7.08. The molecule has 2 atom stereocenters. The molecular formula is C15H22ClNO. The van der Waals surface area contributed by atoms with Crippen molar-refractivity contribution in [3.8, 4) is 5.75 Å². The molecule has 0 aliphatic heterocycles. The predicted octanol–water partition coefficient (Wildman–Crippen LogP) is 4.65. The number of aryl methyl sites for hydroxylation is 1. The molecule has 3 heteroatoms. The van der Waals surface area contributed by atoms with Crippen LogP contribution in [0.15, 0.2) is 12.1 Å². The van der Waals surface area contributed by atoms with Crippen LogP contribution >= 0.6 is 11.6 Å². The van der Waals surface area contributed by atoms with Crippen molar-refractivity contribution in [2.24, 2.45) is 5.92 Å². The van der Waals surface area contributed by atoms with Crippen molar-refractivity contribution >= 4 is 17.3 Å². The second-order valence-corrected chi connectivity index (χ2v) is 5.82. The van der Waals surface area contributed by atoms with Gasteiger partial charge in [-0.15, -0.1) is 0 Å². The maximum atomic E-state index is 6.12. The van der Waals surface area contributed by atoms with Gasteiger partial charge in [0.15, 0.2) is 0 Å². The lowest BCUT2D eigenvalue weighted by Gasteiger charge is -2.29. The van der Waals surface area contributed by atoms with E-state index in [1.165, 1.54) is 25.7 Å². The van der Waals surface area contributed by atoms with E-state index in [1.54, 1.807) is 7.11 Å². The Kier molecular flexibility index (Phi) is 4.39. The number of anilines is 1. The van der Waals surface area contributed by atoms with Crippen molar-refractivity contribution in [3.63, 3.8) is 0 Å². The summed E-state index contributed by atoms with van der Waals surface area (Å²) >= 11 is 6.12. The minimum absolute atomic E-state index is 0.559. The largest absolute Gasteiger partial charge is 0.495 e. The Morgan fingerprint density at radius 2 is 2.11 bits per heavy atom. The standard InChI is InChI=1S/C15H22ClNO/c1-10-5-4-6-12(7-10)17-14-8-11(2)13(16)9-15(14)18-3/h8-10,12,17H,4-7H2,1-3H3. The van der Waals surface area contributed by atoms with Crippen LogP contribution in [0.3, 0.4) is 0 Å². The zero-order valence-electron chi connectivity index (χ0n) is 11.4. The number of methoxy groups -OCH3 is 1. The van der Waals surface area contributed by atoms with E-state index in [4.69, 9.17) is 16.3 Å². The fraction of sp³-hybridized carbons (Fsp3) is 0.600. The molecule has 1 saturated carbocycles. The maximum absolute atomic E-state index is 6.12. The van der Waals surface area contributed by atoms with Gasteiger partial charge in [0.1, 0.15) is 5.75 Å². The van der Waals surface area contributed by atoms with Gasteiger partial charge in [-0.1, -0.05) is 31.4 Å². The quantitative estimate of drug-likeness (QED) is 0.861. The van der Waals surface area contributed by atoms with Crippen molar-refractivity contribution in [1.29, 1.82) is 0 Å². The molecule has 1 aromatic carbocycles. The number of hydrogen-bond acceptors (Lipinski definition) is 2. The summed E-state index contributed by atoms with van der Waals surface area (Å²) in [5, 5.41) is 4.37. The van der Waals surface area contributed by atoms with Crippen LogP contribution in [0.2, 0.25) is 5.02 Å². The average Bonchev–Trinajstić information content (AvgIpc) is 2.33. The van der Waals surface area contributed by atoms with E-state index in [-0.39, 0.29) is 0 Å². The minimum atomic E-state index is 0.559. The molecular weight excluding hydrogens is 246 g/mol. The van der Waals surface area contributed by atoms with Crippen molar-refractivity contribution < 1.29 is 4.74 Å². The van der Waals surface area contributed by atoms with Crippen LogP contribution in [-0.4, -0.2) is 13.2 Å². The summed E-state index contributed by atoms with van der Waals surface area (Å²) in [6.45, 7) is 4.36. The van der Waals surface area contributed by atoms with Crippen LogP contribution in [0.1, 0.15) is 38.2 Å². The lowest BCUT2D eigenvalue weighted by molar-refractivity contribution is 0.357. The average molecular weight is 268 g/mol. The van der Waals surface area contributed by atoms with E-state index in [1.807, 2.05) is 13.0 Å². The highest BCUT2D eigenvalue weighted by Gasteiger charge is 2.20. The molecule has 1 aliphatic carbocycles. The normalized spacial score (nSPS) is 23.8. The molecule has 0 aromatic heterocycles. The molecule has 2 unspecified atom stereocenters. The monoisotopic (exact) mass is 267 g/mol. The third-order valence-electron chi connectivity index (χ3n) is 3.78. The molecule has 0 heterocycles. The smallest absolute Gasteiger partial charge is 0.143 e. The first-order valence-electron chi connectivity index (χ1n) is 6.71. The minimum Gasteiger partial charge on any atom is -0.495 e. The highest BCUT2D eigenvalue weighted by Crippen LogP contribution is 2.34. The van der Waals surface area contributed by atoms with Crippen molar-refractivity contribution in [1.82, 2.24) is 0 Å². The highest BCUT2D eigenvalue weighted by molar-refractivity contribution is 6.31. The molecule has 100 valence electrons. The fourth-order valence-electron chi connectivity index (χ4n) is 2.73. The topological polar surface area (TPSA) is 21.3 Å². The third-order valence-corrected chi connectivity index (χ3v) is 4.18. The Labute approximate surface area is 115 Å². The summed E-state index contributed by atoms with van der Waals surface area (Å²) < 4.78 is 5.40. The first-order chi connectivity index (χ1) is 8.60. The number of hydrogen-bond donors (Lipinski definition) is 1. The predicted molar refractivity (Wildman–Crippen MR) is 77.8 cm³/mol. The zero-order valence-corrected chi connectivity index (χ0v) is 12.2. The van der Waals surface area contributed by atoms with E-state index in [2.05, 4.69) is 18.3 Å². The van der Waals surface area contributed by atoms with E-state index >= 15 is 0 Å². The van der Waals surface area contributed by atoms with Gasteiger partial charge in [0.05, 0.1) is 12.8 Å². The summed E-state index contributed by atoms with van der Waals surface area (Å²) in [5.41, 5.74) is 2.15. The molecule has 1 aromatic rings. The van der Waals surface area contributed by atoms with Gasteiger partial charge in [-0.05, 0) is 37.3 Å². The van der Waals surface area contributed by atoms with E-state index < -0.39 is 0 Å². The van der Waals surface area contributed by atoms with Gasteiger partial charge in [0.25, 0.3) is 0 Å². The number of rotatable bonds is 3. The van der Waals surface area contributed by atoms with E-state index in [9.17, 15) is 0 Å². The van der Waals surface area contributed by atoms with Crippen LogP contribution in [0, 0.1) is 12.8 Å². The fourth-order valence-corrected chi connectivity index (χ4v) is 2.88. The molecule has 0 spiro atoms. The molecule has 1 N–H and O–H groups in total. The first kappa shape index (κ1) is 13.5. The van der Waals surface area contributed by atoms with Crippen molar-refractivity contribution in [2.75, 3.05) is 12.4 Å². The van der Waals surface area contributed by atoms with Crippen molar-refractivity contribution in [3.05, 3.63) is 22.7 Å². The molecule has 0 radical (unpaired) electrons. The second-order valence-electron chi connectivity index (χ2n) is 5.41. The molecule has 1 fully saturated rings. The van der Waals surface area contributed by atoms with Crippen LogP contribution in [0.25, 0.3) is 0 Å². The van der Waals surface area contributed by atoms with E-state index in [0.717, 1.165) is 27.9 Å². The van der Waals surface area contributed by atoms with Crippen LogP contribution in [0.4, 0.5) is 5.69 Å². The Morgan fingerprint density at radius 1 is 1.33 bits per heavy atom. The lowest BCUT2D eigenvalue weighted by Crippen LogP contribution is -2.26. The highest BCUT2D eigenvalue weighted by atomic mass is 35.5. The number of nitrogens with one attached hydrogen (secondary N) is 1. The van der Waals surface area contributed by atoms with Crippen LogP contribution in [0.5, 0.6) is 5.75 Å². The van der Waals surface area contributed by atoms with Crippen molar-refractivity contribution in [2.45, 2.75) is 45.6 Å². The Balaban J connectivity index is 2.14. The van der Waals surface area contributed by atoms with Crippen LogP contribution in [-0.2, 0) is 0 Å². The number of halogens is 1. The van der Waals surface area contributed by atoms with Gasteiger partial charge < -0.3 is 10.1 Å². The van der Waals surface area contributed by atoms with Gasteiger partial charge in [0.2, 0.25) is 0 Å². The molecule has 18 heavy (non-hydrogen) atoms.